The lowest BCUT2D eigenvalue weighted by molar-refractivity contribution is -0.119. The van der Waals surface area contributed by atoms with Crippen LogP contribution in [0, 0.1) is 13.8 Å². The first-order valence-corrected chi connectivity index (χ1v) is 11.0. The van der Waals surface area contributed by atoms with Gasteiger partial charge in [0.15, 0.2) is 6.61 Å². The molecule has 0 aliphatic rings. The first-order valence-electron chi connectivity index (χ1n) is 10.2. The van der Waals surface area contributed by atoms with E-state index >= 15 is 0 Å². The lowest BCUT2D eigenvalue weighted by Crippen LogP contribution is -2.21. The maximum atomic E-state index is 13.0. The van der Waals surface area contributed by atoms with Crippen molar-refractivity contribution in [3.8, 4) is 5.69 Å². The highest BCUT2D eigenvalue weighted by Crippen LogP contribution is 2.36. The number of amides is 2. The Hall–Kier alpha value is -3.98. The molecule has 4 rings (SSSR count). The third-order valence-corrected chi connectivity index (χ3v) is 6.06. The molecule has 0 spiro atoms. The van der Waals surface area contributed by atoms with Gasteiger partial charge in [-0.25, -0.2) is 9.78 Å². The van der Waals surface area contributed by atoms with Gasteiger partial charge in [-0.3, -0.25) is 9.59 Å². The number of hydrogen-bond donors (Lipinski definition) is 2. The Morgan fingerprint density at radius 3 is 2.45 bits per heavy atom. The summed E-state index contributed by atoms with van der Waals surface area (Å²) in [5.41, 5.74) is 3.54. The van der Waals surface area contributed by atoms with Crippen molar-refractivity contribution in [3.63, 3.8) is 0 Å². The highest BCUT2D eigenvalue weighted by molar-refractivity contribution is 7.21. The van der Waals surface area contributed by atoms with Gasteiger partial charge in [0.1, 0.15) is 9.71 Å². The summed E-state index contributed by atoms with van der Waals surface area (Å²) in [5.74, 6) is -1.29. The van der Waals surface area contributed by atoms with E-state index in [1.54, 1.807) is 31.3 Å². The van der Waals surface area contributed by atoms with Crippen molar-refractivity contribution in [2.45, 2.75) is 13.8 Å². The van der Waals surface area contributed by atoms with Crippen molar-refractivity contribution in [2.75, 3.05) is 19.0 Å². The Labute approximate surface area is 194 Å². The highest BCUT2D eigenvalue weighted by atomic mass is 32.1. The minimum absolute atomic E-state index is 0.219. The van der Waals surface area contributed by atoms with Crippen LogP contribution in [0.15, 0.2) is 54.9 Å². The number of carbonyl (C=O) groups is 3. The van der Waals surface area contributed by atoms with Gasteiger partial charge in [-0.1, -0.05) is 0 Å². The molecule has 4 aromatic rings. The van der Waals surface area contributed by atoms with E-state index in [-0.39, 0.29) is 5.91 Å². The molecule has 0 aliphatic carbocycles. The first kappa shape index (κ1) is 22.2. The fourth-order valence-electron chi connectivity index (χ4n) is 3.53. The summed E-state index contributed by atoms with van der Waals surface area (Å²) in [6, 6.07) is 12.1. The summed E-state index contributed by atoms with van der Waals surface area (Å²) < 4.78 is 7.19. The summed E-state index contributed by atoms with van der Waals surface area (Å²) >= 11 is 1.24. The van der Waals surface area contributed by atoms with Crippen LogP contribution in [0.1, 0.15) is 31.3 Å². The number of benzene rings is 1. The molecule has 2 N–H and O–H groups in total. The summed E-state index contributed by atoms with van der Waals surface area (Å²) in [4.78, 5) is 42.6. The normalized spacial score (nSPS) is 10.8. The second-order valence-electron chi connectivity index (χ2n) is 7.41. The van der Waals surface area contributed by atoms with Gasteiger partial charge in [0, 0.05) is 41.8 Å². The van der Waals surface area contributed by atoms with Gasteiger partial charge in [0.05, 0.1) is 5.69 Å². The quantitative estimate of drug-likeness (QED) is 0.424. The minimum Gasteiger partial charge on any atom is -0.451 e. The number of rotatable bonds is 6. The van der Waals surface area contributed by atoms with Crippen molar-refractivity contribution >= 4 is 45.0 Å². The van der Waals surface area contributed by atoms with Crippen LogP contribution >= 0.6 is 11.3 Å². The van der Waals surface area contributed by atoms with Crippen LogP contribution < -0.4 is 10.6 Å². The molecule has 3 aromatic heterocycles. The van der Waals surface area contributed by atoms with E-state index in [4.69, 9.17) is 4.74 Å². The van der Waals surface area contributed by atoms with Crippen LogP contribution in [-0.2, 0) is 9.53 Å². The predicted octanol–water partition coefficient (Wildman–Crippen LogP) is 3.86. The SMILES string of the molecule is CNC(=O)c1ccc(NC(=O)COC(=O)c2sc3nc(C)cc(C)c3c2-n2cccc2)cc1. The molecule has 0 unspecified atom stereocenters. The van der Waals surface area contributed by atoms with E-state index in [0.717, 1.165) is 21.5 Å². The van der Waals surface area contributed by atoms with Crippen LogP contribution in [0.4, 0.5) is 5.69 Å². The van der Waals surface area contributed by atoms with Crippen molar-refractivity contribution in [3.05, 3.63) is 76.6 Å². The van der Waals surface area contributed by atoms with E-state index in [2.05, 4.69) is 15.6 Å². The zero-order chi connectivity index (χ0) is 23.5. The second kappa shape index (κ2) is 9.25. The van der Waals surface area contributed by atoms with Gasteiger partial charge in [0.25, 0.3) is 11.8 Å². The summed E-state index contributed by atoms with van der Waals surface area (Å²) in [5, 5.41) is 6.07. The Morgan fingerprint density at radius 1 is 1.09 bits per heavy atom. The van der Waals surface area contributed by atoms with Crippen LogP contribution in [0.25, 0.3) is 15.9 Å². The molecule has 33 heavy (non-hydrogen) atoms. The van der Waals surface area contributed by atoms with Gasteiger partial charge < -0.3 is 19.9 Å². The van der Waals surface area contributed by atoms with E-state index in [0.29, 0.717) is 21.8 Å². The molecule has 9 heteroatoms. The molecule has 0 radical (unpaired) electrons. The highest BCUT2D eigenvalue weighted by Gasteiger charge is 2.24. The number of carbonyl (C=O) groups excluding carboxylic acids is 3. The number of aryl methyl sites for hydroxylation is 2. The third-order valence-electron chi connectivity index (χ3n) is 5.00. The van der Waals surface area contributed by atoms with Crippen molar-refractivity contribution in [2.24, 2.45) is 0 Å². The largest absolute Gasteiger partial charge is 0.451 e. The summed E-state index contributed by atoms with van der Waals surface area (Å²) in [7, 11) is 1.54. The van der Waals surface area contributed by atoms with Gasteiger partial charge >= 0.3 is 5.97 Å². The topological polar surface area (TPSA) is 102 Å². The number of pyridine rings is 1. The fourth-order valence-corrected chi connectivity index (χ4v) is 4.72. The maximum absolute atomic E-state index is 13.0. The van der Waals surface area contributed by atoms with Crippen LogP contribution in [0.3, 0.4) is 0 Å². The predicted molar refractivity (Wildman–Crippen MR) is 127 cm³/mol. The third kappa shape index (κ3) is 4.63. The number of nitrogens with one attached hydrogen (secondary N) is 2. The molecule has 2 amide bonds. The number of ether oxygens (including phenoxy) is 1. The summed E-state index contributed by atoms with van der Waals surface area (Å²) in [6.45, 7) is 3.45. The molecule has 0 saturated heterocycles. The molecular weight excluding hydrogens is 440 g/mol. The lowest BCUT2D eigenvalue weighted by atomic mass is 10.1. The number of nitrogens with zero attached hydrogens (tertiary/aromatic N) is 2. The van der Waals surface area contributed by atoms with Crippen LogP contribution in [-0.4, -0.2) is 41.0 Å². The van der Waals surface area contributed by atoms with E-state index < -0.39 is 18.5 Å². The summed E-state index contributed by atoms with van der Waals surface area (Å²) in [6.07, 6.45) is 3.71. The van der Waals surface area contributed by atoms with Crippen molar-refractivity contribution in [1.82, 2.24) is 14.9 Å². The first-order chi connectivity index (χ1) is 15.9. The molecule has 0 atom stereocenters. The molecule has 0 aliphatic heterocycles. The average Bonchev–Trinajstić information content (AvgIpc) is 3.45. The van der Waals surface area contributed by atoms with Crippen molar-refractivity contribution in [1.29, 1.82) is 0 Å². The molecule has 168 valence electrons. The van der Waals surface area contributed by atoms with Crippen molar-refractivity contribution < 1.29 is 19.1 Å². The minimum atomic E-state index is -0.594. The van der Waals surface area contributed by atoms with E-state index in [1.165, 1.54) is 11.3 Å². The number of fused-ring (bicyclic) bond motifs is 1. The Morgan fingerprint density at radius 2 is 1.79 bits per heavy atom. The second-order valence-corrected chi connectivity index (χ2v) is 8.41. The maximum Gasteiger partial charge on any atom is 0.351 e. The molecule has 8 nitrogen and oxygen atoms in total. The number of esters is 1. The Balaban J connectivity index is 1.51. The zero-order valence-electron chi connectivity index (χ0n) is 18.3. The number of thiophene rings is 1. The fraction of sp³-hybridized carbons (Fsp3) is 0.167. The molecular formula is C24H22N4O4S. The smallest absolute Gasteiger partial charge is 0.351 e. The lowest BCUT2D eigenvalue weighted by Gasteiger charge is -2.09. The molecule has 0 bridgehead atoms. The number of hydrogen-bond acceptors (Lipinski definition) is 6. The molecule has 0 saturated carbocycles. The zero-order valence-corrected chi connectivity index (χ0v) is 19.2. The Kier molecular flexibility index (Phi) is 6.23. The van der Waals surface area contributed by atoms with E-state index in [9.17, 15) is 14.4 Å². The molecule has 0 fully saturated rings. The standard InChI is InChI=1S/C24H22N4O4S/c1-14-12-15(2)26-23-19(14)20(28-10-4-5-11-28)21(33-23)24(31)32-13-18(29)27-17-8-6-16(7-9-17)22(30)25-3/h4-12H,13H2,1-3H3,(H,25,30)(H,27,29). The van der Waals surface area contributed by atoms with Gasteiger partial charge in [-0.2, -0.15) is 0 Å². The van der Waals surface area contributed by atoms with E-state index in [1.807, 2.05) is 49.0 Å². The van der Waals surface area contributed by atoms with Crippen LogP contribution in [0.5, 0.6) is 0 Å². The monoisotopic (exact) mass is 462 g/mol. The molecule has 1 aromatic carbocycles. The Bertz CT molecular complexity index is 1340. The van der Waals surface area contributed by atoms with Gasteiger partial charge in [-0.15, -0.1) is 11.3 Å². The average molecular weight is 463 g/mol. The van der Waals surface area contributed by atoms with Crippen LogP contribution in [0.2, 0.25) is 0 Å². The number of anilines is 1. The van der Waals surface area contributed by atoms with Gasteiger partial charge in [-0.05, 0) is 61.9 Å². The molecule has 3 heterocycles. The number of aromatic nitrogens is 2. The van der Waals surface area contributed by atoms with Gasteiger partial charge in [0.2, 0.25) is 0 Å².